The lowest BCUT2D eigenvalue weighted by Crippen LogP contribution is -2.39. The highest BCUT2D eigenvalue weighted by atomic mass is 35.5. The molecule has 1 aliphatic heterocycles. The van der Waals surface area contributed by atoms with Crippen LogP contribution in [0.3, 0.4) is 0 Å². The first-order valence-electron chi connectivity index (χ1n) is 8.02. The molecule has 4 rings (SSSR count). The highest BCUT2D eigenvalue weighted by molar-refractivity contribution is 5.87. The minimum absolute atomic E-state index is 0. The molecule has 138 valence electrons. The van der Waals surface area contributed by atoms with Crippen LogP contribution in [0.1, 0.15) is 12.8 Å². The molecule has 8 nitrogen and oxygen atoms in total. The van der Waals surface area contributed by atoms with Crippen molar-refractivity contribution in [3.05, 3.63) is 12.7 Å². The third kappa shape index (κ3) is 3.51. The lowest BCUT2D eigenvalue weighted by molar-refractivity contribution is -0.128. The number of fused-ring (bicyclic) bond motifs is 2. The largest absolute Gasteiger partial charge is 0.348 e. The number of carbonyl (C=O) groups is 1. The van der Waals surface area contributed by atoms with Gasteiger partial charge in [0.2, 0.25) is 5.91 Å². The second kappa shape index (κ2) is 7.72. The molecule has 0 aromatic carbocycles. The third-order valence-corrected chi connectivity index (χ3v) is 5.20. The molecule has 3 atom stereocenters. The van der Waals surface area contributed by atoms with Crippen LogP contribution < -0.4 is 10.6 Å². The van der Waals surface area contributed by atoms with Crippen LogP contribution in [0.15, 0.2) is 12.7 Å². The maximum atomic E-state index is 12.6. The van der Waals surface area contributed by atoms with E-state index in [1.165, 1.54) is 6.33 Å². The quantitative estimate of drug-likeness (QED) is 0.807. The van der Waals surface area contributed by atoms with E-state index >= 15 is 0 Å². The molecular formula is C15H23Cl2N7O. The van der Waals surface area contributed by atoms with Gasteiger partial charge in [-0.2, -0.15) is 0 Å². The Bertz CT molecular complexity index is 739. The standard InChI is InChI=1S/C15H21N7O.2ClH/c1-21(15-13-14(18-7-17-13)19-8-20-15)6-12(23)22-4-9-2-3-11(16)10(9)5-22;;/h7-11H,2-6,16H2,1H3,(H,17,18,19,20);2*1H. The van der Waals surface area contributed by atoms with Crippen molar-refractivity contribution in [1.82, 2.24) is 24.8 Å². The van der Waals surface area contributed by atoms with Crippen molar-refractivity contribution < 1.29 is 4.79 Å². The Morgan fingerprint density at radius 1 is 1.32 bits per heavy atom. The van der Waals surface area contributed by atoms with Crippen LogP contribution >= 0.6 is 24.8 Å². The normalized spacial score (nSPS) is 24.6. The van der Waals surface area contributed by atoms with Gasteiger partial charge in [-0.25, -0.2) is 15.0 Å². The van der Waals surface area contributed by atoms with Crippen LogP contribution in [-0.4, -0.2) is 63.5 Å². The Balaban J connectivity index is 0.00000113. The number of nitrogens with two attached hydrogens (primary N) is 1. The van der Waals surface area contributed by atoms with Gasteiger partial charge in [-0.3, -0.25) is 4.79 Å². The molecule has 1 amide bonds. The van der Waals surface area contributed by atoms with E-state index in [1.807, 2.05) is 16.8 Å². The van der Waals surface area contributed by atoms with E-state index in [2.05, 4.69) is 19.9 Å². The molecule has 0 spiro atoms. The van der Waals surface area contributed by atoms with Gasteiger partial charge in [-0.1, -0.05) is 0 Å². The highest BCUT2D eigenvalue weighted by Gasteiger charge is 2.42. The molecule has 3 unspecified atom stereocenters. The minimum atomic E-state index is 0. The lowest BCUT2D eigenvalue weighted by atomic mass is 9.98. The molecule has 0 bridgehead atoms. The van der Waals surface area contributed by atoms with Gasteiger partial charge in [0, 0.05) is 26.2 Å². The number of aromatic nitrogens is 4. The van der Waals surface area contributed by atoms with Crippen molar-refractivity contribution in [2.45, 2.75) is 18.9 Å². The fraction of sp³-hybridized carbons (Fsp3) is 0.600. The van der Waals surface area contributed by atoms with Gasteiger partial charge in [0.15, 0.2) is 11.5 Å². The van der Waals surface area contributed by atoms with Crippen LogP contribution in [0, 0.1) is 11.8 Å². The maximum absolute atomic E-state index is 12.6. The number of amides is 1. The summed E-state index contributed by atoms with van der Waals surface area (Å²) >= 11 is 0. The smallest absolute Gasteiger partial charge is 0.242 e. The Kier molecular flexibility index (Phi) is 6.08. The molecule has 2 aromatic rings. The molecule has 3 heterocycles. The summed E-state index contributed by atoms with van der Waals surface area (Å²) in [4.78, 5) is 31.9. The monoisotopic (exact) mass is 387 g/mol. The number of hydrogen-bond acceptors (Lipinski definition) is 6. The Hall–Kier alpha value is -1.64. The zero-order chi connectivity index (χ0) is 16.0. The maximum Gasteiger partial charge on any atom is 0.242 e. The van der Waals surface area contributed by atoms with Crippen molar-refractivity contribution in [3.63, 3.8) is 0 Å². The number of anilines is 1. The summed E-state index contributed by atoms with van der Waals surface area (Å²) in [7, 11) is 1.86. The molecule has 1 saturated carbocycles. The fourth-order valence-electron chi connectivity index (χ4n) is 3.93. The molecule has 0 radical (unpaired) electrons. The first-order valence-corrected chi connectivity index (χ1v) is 8.02. The first-order chi connectivity index (χ1) is 11.1. The van der Waals surface area contributed by atoms with Gasteiger partial charge in [-0.15, -0.1) is 24.8 Å². The number of H-pyrrole nitrogens is 1. The molecule has 1 aliphatic carbocycles. The van der Waals surface area contributed by atoms with E-state index < -0.39 is 0 Å². The molecule has 3 N–H and O–H groups in total. The molecule has 1 saturated heterocycles. The number of nitrogens with one attached hydrogen (secondary N) is 1. The van der Waals surface area contributed by atoms with E-state index in [1.54, 1.807) is 6.33 Å². The fourth-order valence-corrected chi connectivity index (χ4v) is 3.93. The Morgan fingerprint density at radius 2 is 2.12 bits per heavy atom. The van der Waals surface area contributed by atoms with Crippen LogP contribution in [0.5, 0.6) is 0 Å². The van der Waals surface area contributed by atoms with Gasteiger partial charge in [0.05, 0.1) is 12.9 Å². The number of rotatable bonds is 3. The Morgan fingerprint density at radius 3 is 2.88 bits per heavy atom. The number of imidazole rings is 1. The van der Waals surface area contributed by atoms with Crippen LogP contribution in [-0.2, 0) is 4.79 Å². The van der Waals surface area contributed by atoms with E-state index in [9.17, 15) is 4.79 Å². The summed E-state index contributed by atoms with van der Waals surface area (Å²) in [5, 5.41) is 0. The number of likely N-dealkylation sites (tertiary alicyclic amines) is 1. The molecule has 2 fully saturated rings. The summed E-state index contributed by atoms with van der Waals surface area (Å²) in [5.74, 6) is 1.87. The van der Waals surface area contributed by atoms with Crippen LogP contribution in [0.2, 0.25) is 0 Å². The summed E-state index contributed by atoms with van der Waals surface area (Å²) in [6.07, 6.45) is 5.29. The summed E-state index contributed by atoms with van der Waals surface area (Å²) < 4.78 is 0. The SMILES string of the molecule is CN(CC(=O)N1CC2CCC(N)C2C1)c1ncnc2nc[nH]c12.Cl.Cl. The zero-order valence-electron chi connectivity index (χ0n) is 14.0. The van der Waals surface area contributed by atoms with Gasteiger partial charge in [-0.05, 0) is 24.7 Å². The molecule has 2 aromatic heterocycles. The number of aromatic amines is 1. The van der Waals surface area contributed by atoms with E-state index in [0.29, 0.717) is 29.8 Å². The number of halogens is 2. The second-order valence-electron chi connectivity index (χ2n) is 6.62. The number of nitrogens with zero attached hydrogens (tertiary/aromatic N) is 5. The summed E-state index contributed by atoms with van der Waals surface area (Å²) in [5.41, 5.74) is 7.51. The van der Waals surface area contributed by atoms with Crippen molar-refractivity contribution >= 4 is 47.7 Å². The minimum Gasteiger partial charge on any atom is -0.348 e. The summed E-state index contributed by atoms with van der Waals surface area (Å²) in [6.45, 7) is 1.93. The number of likely N-dealkylation sites (N-methyl/N-ethyl adjacent to an activating group) is 1. The average Bonchev–Trinajstić information content (AvgIpc) is 3.23. The van der Waals surface area contributed by atoms with Crippen LogP contribution in [0.25, 0.3) is 11.2 Å². The van der Waals surface area contributed by atoms with Crippen LogP contribution in [0.4, 0.5) is 5.82 Å². The van der Waals surface area contributed by atoms with Gasteiger partial charge in [0.1, 0.15) is 11.8 Å². The topological polar surface area (TPSA) is 104 Å². The van der Waals surface area contributed by atoms with Crippen molar-refractivity contribution in [1.29, 1.82) is 0 Å². The van der Waals surface area contributed by atoms with Crippen molar-refractivity contribution in [2.75, 3.05) is 31.6 Å². The summed E-state index contributed by atoms with van der Waals surface area (Å²) in [6, 6.07) is 0.252. The first kappa shape index (κ1) is 19.7. The van der Waals surface area contributed by atoms with Gasteiger partial charge in [0.25, 0.3) is 0 Å². The van der Waals surface area contributed by atoms with E-state index in [-0.39, 0.29) is 36.8 Å². The molecule has 2 aliphatic rings. The molecule has 25 heavy (non-hydrogen) atoms. The second-order valence-corrected chi connectivity index (χ2v) is 6.62. The third-order valence-electron chi connectivity index (χ3n) is 5.20. The number of carbonyl (C=O) groups excluding carboxylic acids is 1. The predicted octanol–water partition coefficient (Wildman–Crippen LogP) is 0.828. The molecular weight excluding hydrogens is 365 g/mol. The van der Waals surface area contributed by atoms with Crippen molar-refractivity contribution in [3.8, 4) is 0 Å². The number of hydrogen-bond donors (Lipinski definition) is 2. The van der Waals surface area contributed by atoms with Gasteiger partial charge < -0.3 is 20.5 Å². The zero-order valence-corrected chi connectivity index (χ0v) is 15.6. The molecule has 10 heteroatoms. The lowest BCUT2D eigenvalue weighted by Gasteiger charge is -2.23. The highest BCUT2D eigenvalue weighted by Crippen LogP contribution is 2.37. The average molecular weight is 388 g/mol. The van der Waals surface area contributed by atoms with E-state index in [0.717, 1.165) is 31.4 Å². The van der Waals surface area contributed by atoms with E-state index in [4.69, 9.17) is 5.73 Å². The predicted molar refractivity (Wildman–Crippen MR) is 100 cm³/mol. The Labute approximate surface area is 158 Å². The van der Waals surface area contributed by atoms with Crippen molar-refractivity contribution in [2.24, 2.45) is 17.6 Å². The van der Waals surface area contributed by atoms with Gasteiger partial charge >= 0.3 is 0 Å².